The molecule has 124 valence electrons. The lowest BCUT2D eigenvalue weighted by atomic mass is 9.99. The number of nitrogens with zero attached hydrogens (tertiary/aromatic N) is 1. The zero-order valence-corrected chi connectivity index (χ0v) is 13.3. The van der Waals surface area contributed by atoms with Gasteiger partial charge in [0.05, 0.1) is 12.5 Å². The number of anilines is 1. The van der Waals surface area contributed by atoms with Gasteiger partial charge in [-0.3, -0.25) is 14.5 Å². The predicted octanol–water partition coefficient (Wildman–Crippen LogP) is 0.425. The molecule has 2 heterocycles. The number of carbonyl (C=O) groups excluding carboxylic acids is 2. The van der Waals surface area contributed by atoms with Gasteiger partial charge in [-0.05, 0) is 25.0 Å². The number of para-hydroxylation sites is 1. The van der Waals surface area contributed by atoms with Crippen molar-refractivity contribution in [3.63, 3.8) is 0 Å². The fourth-order valence-corrected chi connectivity index (χ4v) is 2.95. The van der Waals surface area contributed by atoms with Crippen molar-refractivity contribution >= 4 is 17.5 Å². The summed E-state index contributed by atoms with van der Waals surface area (Å²) in [4.78, 5) is 26.1. The van der Waals surface area contributed by atoms with Crippen molar-refractivity contribution in [1.29, 1.82) is 0 Å². The van der Waals surface area contributed by atoms with Crippen molar-refractivity contribution in [3.05, 3.63) is 30.3 Å². The number of rotatable bonds is 5. The highest BCUT2D eigenvalue weighted by atomic mass is 16.2. The Hall–Kier alpha value is -1.92. The Balaban J connectivity index is 1.37. The summed E-state index contributed by atoms with van der Waals surface area (Å²) in [6.07, 6.45) is 1.81. The van der Waals surface area contributed by atoms with Crippen LogP contribution in [-0.2, 0) is 9.59 Å². The second-order valence-corrected chi connectivity index (χ2v) is 6.33. The van der Waals surface area contributed by atoms with Gasteiger partial charge in [-0.2, -0.15) is 0 Å². The van der Waals surface area contributed by atoms with Crippen LogP contribution in [0.5, 0.6) is 0 Å². The Kier molecular flexibility index (Phi) is 5.25. The molecule has 6 nitrogen and oxygen atoms in total. The molecule has 1 aromatic rings. The highest BCUT2D eigenvalue weighted by molar-refractivity contribution is 5.92. The molecular formula is C17H24N4O2. The summed E-state index contributed by atoms with van der Waals surface area (Å²) in [5, 5.41) is 9.15. The molecule has 3 N–H and O–H groups in total. The van der Waals surface area contributed by atoms with Crippen molar-refractivity contribution in [3.8, 4) is 0 Å². The van der Waals surface area contributed by atoms with Gasteiger partial charge in [0, 0.05) is 37.9 Å². The predicted molar refractivity (Wildman–Crippen MR) is 89.0 cm³/mol. The van der Waals surface area contributed by atoms with Gasteiger partial charge in [0.15, 0.2) is 0 Å². The van der Waals surface area contributed by atoms with Crippen LogP contribution in [0.2, 0.25) is 0 Å². The summed E-state index contributed by atoms with van der Waals surface area (Å²) in [5.74, 6) is 0.327. The Morgan fingerprint density at radius 2 is 1.83 bits per heavy atom. The Bertz CT molecular complexity index is 537. The molecule has 0 saturated carbocycles. The lowest BCUT2D eigenvalue weighted by Gasteiger charge is -2.34. The van der Waals surface area contributed by atoms with E-state index in [0.29, 0.717) is 6.54 Å². The number of amides is 2. The number of likely N-dealkylation sites (tertiary alicyclic amines) is 1. The highest BCUT2D eigenvalue weighted by Gasteiger charge is 2.28. The zero-order valence-electron chi connectivity index (χ0n) is 13.3. The molecule has 3 rings (SSSR count). The number of piperidine rings is 1. The van der Waals surface area contributed by atoms with Gasteiger partial charge < -0.3 is 16.0 Å². The highest BCUT2D eigenvalue weighted by Crippen LogP contribution is 2.12. The van der Waals surface area contributed by atoms with E-state index in [0.717, 1.165) is 44.7 Å². The summed E-state index contributed by atoms with van der Waals surface area (Å²) >= 11 is 0. The van der Waals surface area contributed by atoms with E-state index in [-0.39, 0.29) is 23.8 Å². The first-order valence-electron chi connectivity index (χ1n) is 8.29. The van der Waals surface area contributed by atoms with E-state index in [9.17, 15) is 9.59 Å². The van der Waals surface area contributed by atoms with Gasteiger partial charge in [-0.1, -0.05) is 18.2 Å². The Morgan fingerprint density at radius 1 is 1.13 bits per heavy atom. The van der Waals surface area contributed by atoms with Crippen LogP contribution in [0.25, 0.3) is 0 Å². The van der Waals surface area contributed by atoms with Crippen LogP contribution in [0.15, 0.2) is 30.3 Å². The van der Waals surface area contributed by atoms with Crippen LogP contribution >= 0.6 is 0 Å². The minimum atomic E-state index is 0.0132. The van der Waals surface area contributed by atoms with Crippen LogP contribution in [-0.4, -0.2) is 55.5 Å². The molecule has 0 bridgehead atoms. The maximum atomic E-state index is 12.0. The molecule has 1 aromatic carbocycles. The van der Waals surface area contributed by atoms with E-state index in [1.165, 1.54) is 0 Å². The van der Waals surface area contributed by atoms with Gasteiger partial charge in [0.2, 0.25) is 11.8 Å². The third-order valence-electron chi connectivity index (χ3n) is 4.51. The quantitative estimate of drug-likeness (QED) is 0.736. The first-order chi connectivity index (χ1) is 11.2. The smallest absolute Gasteiger partial charge is 0.238 e. The molecule has 23 heavy (non-hydrogen) atoms. The molecule has 0 aliphatic carbocycles. The average Bonchev–Trinajstić information content (AvgIpc) is 2.48. The molecule has 2 aliphatic rings. The van der Waals surface area contributed by atoms with E-state index in [2.05, 4.69) is 20.9 Å². The largest absolute Gasteiger partial charge is 0.353 e. The topological polar surface area (TPSA) is 73.5 Å². The normalized spacial score (nSPS) is 19.8. The molecule has 2 amide bonds. The number of hydrogen-bond acceptors (Lipinski definition) is 4. The van der Waals surface area contributed by atoms with Crippen LogP contribution in [0.1, 0.15) is 12.8 Å². The molecule has 0 spiro atoms. The number of benzene rings is 1. The van der Waals surface area contributed by atoms with Gasteiger partial charge in [0.25, 0.3) is 0 Å². The van der Waals surface area contributed by atoms with Crippen molar-refractivity contribution in [2.75, 3.05) is 38.0 Å². The third-order valence-corrected chi connectivity index (χ3v) is 4.51. The fraction of sp³-hybridized carbons (Fsp3) is 0.529. The summed E-state index contributed by atoms with van der Waals surface area (Å²) in [5.41, 5.74) is 0.828. The zero-order chi connectivity index (χ0) is 16.1. The minimum Gasteiger partial charge on any atom is -0.353 e. The standard InChI is InChI=1S/C17H24N4O2/c22-16(19-14-4-2-1-3-5-14)12-21-8-6-15(7-9-21)20-17(23)13-10-18-11-13/h1-5,13,15,18H,6-12H2,(H,19,22)(H,20,23). The summed E-state index contributed by atoms with van der Waals surface area (Å²) in [7, 11) is 0. The van der Waals surface area contributed by atoms with Crippen LogP contribution in [0, 0.1) is 5.92 Å². The van der Waals surface area contributed by atoms with E-state index < -0.39 is 0 Å². The Morgan fingerprint density at radius 3 is 2.43 bits per heavy atom. The molecule has 2 saturated heterocycles. The SMILES string of the molecule is O=C(CN1CCC(NC(=O)C2CNC2)CC1)Nc1ccccc1. The minimum absolute atomic E-state index is 0.0132. The van der Waals surface area contributed by atoms with E-state index in [1.54, 1.807) is 0 Å². The van der Waals surface area contributed by atoms with E-state index in [4.69, 9.17) is 0 Å². The van der Waals surface area contributed by atoms with Gasteiger partial charge in [-0.15, -0.1) is 0 Å². The number of nitrogens with one attached hydrogen (secondary N) is 3. The van der Waals surface area contributed by atoms with Crippen LogP contribution in [0.4, 0.5) is 5.69 Å². The molecule has 0 atom stereocenters. The molecule has 2 aliphatic heterocycles. The molecular weight excluding hydrogens is 292 g/mol. The summed E-state index contributed by atoms with van der Waals surface area (Å²) < 4.78 is 0. The summed E-state index contributed by atoms with van der Waals surface area (Å²) in [6.45, 7) is 3.68. The first kappa shape index (κ1) is 16.0. The van der Waals surface area contributed by atoms with Crippen molar-refractivity contribution in [1.82, 2.24) is 15.5 Å². The molecule has 6 heteroatoms. The van der Waals surface area contributed by atoms with Crippen molar-refractivity contribution in [2.45, 2.75) is 18.9 Å². The summed E-state index contributed by atoms with van der Waals surface area (Å²) in [6, 6.07) is 9.75. The molecule has 0 radical (unpaired) electrons. The van der Waals surface area contributed by atoms with E-state index >= 15 is 0 Å². The number of hydrogen-bond donors (Lipinski definition) is 3. The third kappa shape index (κ3) is 4.53. The van der Waals surface area contributed by atoms with Crippen LogP contribution in [0.3, 0.4) is 0 Å². The molecule has 0 aromatic heterocycles. The molecule has 2 fully saturated rings. The second kappa shape index (κ2) is 7.57. The fourth-order valence-electron chi connectivity index (χ4n) is 2.95. The van der Waals surface area contributed by atoms with Crippen LogP contribution < -0.4 is 16.0 Å². The second-order valence-electron chi connectivity index (χ2n) is 6.33. The van der Waals surface area contributed by atoms with Gasteiger partial charge in [0.1, 0.15) is 0 Å². The van der Waals surface area contributed by atoms with E-state index in [1.807, 2.05) is 30.3 Å². The average molecular weight is 316 g/mol. The Labute approximate surface area is 136 Å². The first-order valence-corrected chi connectivity index (χ1v) is 8.29. The molecule has 0 unspecified atom stereocenters. The van der Waals surface area contributed by atoms with Crippen molar-refractivity contribution < 1.29 is 9.59 Å². The lowest BCUT2D eigenvalue weighted by Crippen LogP contribution is -2.54. The van der Waals surface area contributed by atoms with Gasteiger partial charge in [-0.25, -0.2) is 0 Å². The lowest BCUT2D eigenvalue weighted by molar-refractivity contribution is -0.127. The van der Waals surface area contributed by atoms with Gasteiger partial charge >= 0.3 is 0 Å². The maximum absolute atomic E-state index is 12.0. The maximum Gasteiger partial charge on any atom is 0.238 e. The number of carbonyl (C=O) groups is 2. The monoisotopic (exact) mass is 316 g/mol. The van der Waals surface area contributed by atoms with Crippen molar-refractivity contribution in [2.24, 2.45) is 5.92 Å².